The maximum Gasteiger partial charge on any atom is 0.372 e. The lowest BCUT2D eigenvalue weighted by Gasteiger charge is -2.07. The van der Waals surface area contributed by atoms with Crippen LogP contribution in [0.2, 0.25) is 0 Å². The van der Waals surface area contributed by atoms with Gasteiger partial charge < -0.3 is 9.67 Å². The fourth-order valence-electron chi connectivity index (χ4n) is 2.08. The monoisotopic (exact) mass is 311 g/mol. The lowest BCUT2D eigenvalue weighted by atomic mass is 10.1. The van der Waals surface area contributed by atoms with Crippen LogP contribution in [0.1, 0.15) is 23.2 Å². The molecule has 23 heavy (non-hydrogen) atoms. The predicted molar refractivity (Wildman–Crippen MR) is 86.0 cm³/mol. The molecule has 5 heteroatoms. The van der Waals surface area contributed by atoms with Gasteiger partial charge >= 0.3 is 5.97 Å². The van der Waals surface area contributed by atoms with E-state index in [9.17, 15) is 14.4 Å². The summed E-state index contributed by atoms with van der Waals surface area (Å²) in [5, 5.41) is 8.48. The van der Waals surface area contributed by atoms with Crippen molar-refractivity contribution >= 4 is 23.6 Å². The highest BCUT2D eigenvalue weighted by atomic mass is 16.4. The zero-order valence-electron chi connectivity index (χ0n) is 12.7. The number of ketones is 2. The number of carbonyl (C=O) groups excluding carboxylic acids is 2. The first kappa shape index (κ1) is 16.4. The number of nitrogens with zero attached hydrogens (tertiary/aromatic N) is 1. The molecule has 0 amide bonds. The Hall–Kier alpha value is -2.95. The summed E-state index contributed by atoms with van der Waals surface area (Å²) in [4.78, 5) is 33.0. The van der Waals surface area contributed by atoms with Crippen LogP contribution in [0.3, 0.4) is 0 Å². The minimum atomic E-state index is -1.59. The van der Waals surface area contributed by atoms with Crippen molar-refractivity contribution in [2.24, 2.45) is 0 Å². The Morgan fingerprint density at radius 3 is 2.48 bits per heavy atom. The summed E-state index contributed by atoms with van der Waals surface area (Å²) >= 11 is 0. The molecule has 5 nitrogen and oxygen atoms in total. The summed E-state index contributed by atoms with van der Waals surface area (Å²) in [6, 6.07) is 11.9. The summed E-state index contributed by atoms with van der Waals surface area (Å²) in [6.07, 6.45) is 4.10. The van der Waals surface area contributed by atoms with E-state index in [1.54, 1.807) is 6.08 Å². The van der Waals surface area contributed by atoms with E-state index in [-0.39, 0.29) is 0 Å². The average molecular weight is 311 g/mol. The summed E-state index contributed by atoms with van der Waals surface area (Å²) in [7, 11) is 0. The van der Waals surface area contributed by atoms with Crippen LogP contribution in [0.15, 0.2) is 48.7 Å². The quantitative estimate of drug-likeness (QED) is 0.484. The number of allylic oxidation sites excluding steroid dienone is 1. The third kappa shape index (κ3) is 4.78. The predicted octanol–water partition coefficient (Wildman–Crippen LogP) is 2.47. The molecule has 0 fully saturated rings. The minimum absolute atomic E-state index is 0.527. The molecule has 118 valence electrons. The molecule has 0 aliphatic carbocycles. The Balaban J connectivity index is 2.04. The molecule has 1 aromatic carbocycles. The molecule has 0 unspecified atom stereocenters. The topological polar surface area (TPSA) is 76.4 Å². The molecule has 0 spiro atoms. The average Bonchev–Trinajstić information content (AvgIpc) is 2.94. The van der Waals surface area contributed by atoms with Gasteiger partial charge in [-0.1, -0.05) is 29.8 Å². The van der Waals surface area contributed by atoms with E-state index < -0.39 is 24.0 Å². The number of aliphatic carboxylic acids is 1. The first-order valence-corrected chi connectivity index (χ1v) is 7.13. The lowest BCUT2D eigenvalue weighted by Crippen LogP contribution is -2.15. The van der Waals surface area contributed by atoms with Gasteiger partial charge in [0.15, 0.2) is 5.78 Å². The van der Waals surface area contributed by atoms with E-state index in [0.717, 1.165) is 11.3 Å². The molecule has 2 aromatic rings. The van der Waals surface area contributed by atoms with E-state index in [4.69, 9.17) is 5.11 Å². The number of hydrogen-bond acceptors (Lipinski definition) is 3. The van der Waals surface area contributed by atoms with Crippen molar-refractivity contribution in [3.63, 3.8) is 0 Å². The zero-order chi connectivity index (χ0) is 16.8. The number of Topliss-reactive ketones (excluding diaryl/α,β-unsaturated/α-hetero) is 1. The van der Waals surface area contributed by atoms with Gasteiger partial charge in [-0.3, -0.25) is 9.59 Å². The minimum Gasteiger partial charge on any atom is -0.475 e. The Bertz CT molecular complexity index is 754. The van der Waals surface area contributed by atoms with Gasteiger partial charge in [0.05, 0.1) is 6.42 Å². The van der Waals surface area contributed by atoms with E-state index in [1.165, 1.54) is 11.6 Å². The van der Waals surface area contributed by atoms with Gasteiger partial charge in [0.1, 0.15) is 0 Å². The molecule has 2 rings (SSSR count). The molecular formula is C18H17NO4. The van der Waals surface area contributed by atoms with Crippen LogP contribution in [0, 0.1) is 6.92 Å². The second-order valence-electron chi connectivity index (χ2n) is 5.25. The maximum atomic E-state index is 11.6. The second kappa shape index (κ2) is 7.35. The Morgan fingerprint density at radius 1 is 1.13 bits per heavy atom. The Morgan fingerprint density at radius 2 is 1.83 bits per heavy atom. The number of aryl methyl sites for hydroxylation is 1. The van der Waals surface area contributed by atoms with Crippen LogP contribution in [0.25, 0.3) is 6.08 Å². The maximum absolute atomic E-state index is 11.6. The molecular weight excluding hydrogens is 294 g/mol. The van der Waals surface area contributed by atoms with Crippen LogP contribution < -0.4 is 0 Å². The normalized spacial score (nSPS) is 10.8. The molecule has 0 bridgehead atoms. The number of carboxylic acids is 1. The number of hydrogen-bond donors (Lipinski definition) is 1. The van der Waals surface area contributed by atoms with Crippen molar-refractivity contribution in [2.45, 2.75) is 19.9 Å². The Kier molecular flexibility index (Phi) is 5.25. The van der Waals surface area contributed by atoms with Gasteiger partial charge in [0.25, 0.3) is 0 Å². The van der Waals surface area contributed by atoms with E-state index in [0.29, 0.717) is 6.54 Å². The standard InChI is InChI=1S/C18H17NO4/c1-13-4-6-14(7-5-13)12-19-10-2-3-15(19)8-9-16(20)11-17(21)18(22)23/h2-10H,11-12H2,1H3,(H,22,23)/b9-8+. The summed E-state index contributed by atoms with van der Waals surface area (Å²) in [5.74, 6) is -3.22. The van der Waals surface area contributed by atoms with Crippen molar-refractivity contribution in [2.75, 3.05) is 0 Å². The number of benzene rings is 1. The van der Waals surface area contributed by atoms with Crippen molar-refractivity contribution in [3.8, 4) is 0 Å². The molecule has 1 aromatic heterocycles. The highest BCUT2D eigenvalue weighted by Gasteiger charge is 2.14. The zero-order valence-corrected chi connectivity index (χ0v) is 12.7. The first-order valence-electron chi connectivity index (χ1n) is 7.13. The van der Waals surface area contributed by atoms with Gasteiger partial charge in [0.2, 0.25) is 5.78 Å². The molecule has 0 aliphatic heterocycles. The highest BCUT2D eigenvalue weighted by Crippen LogP contribution is 2.11. The largest absolute Gasteiger partial charge is 0.475 e. The van der Waals surface area contributed by atoms with E-state index in [2.05, 4.69) is 0 Å². The number of carboxylic acid groups (broad SMARTS) is 1. The van der Waals surface area contributed by atoms with Crippen LogP contribution >= 0.6 is 0 Å². The summed E-state index contributed by atoms with van der Waals surface area (Å²) < 4.78 is 1.97. The van der Waals surface area contributed by atoms with Crippen LogP contribution in [0.4, 0.5) is 0 Å². The smallest absolute Gasteiger partial charge is 0.372 e. The van der Waals surface area contributed by atoms with Crippen molar-refractivity contribution in [1.29, 1.82) is 0 Å². The third-order valence-corrected chi connectivity index (χ3v) is 3.35. The van der Waals surface area contributed by atoms with Gasteiger partial charge in [-0.15, -0.1) is 0 Å². The Labute approximate surface area is 133 Å². The molecule has 0 atom stereocenters. The first-order chi connectivity index (χ1) is 11.0. The van der Waals surface area contributed by atoms with Gasteiger partial charge in [0, 0.05) is 18.4 Å². The molecule has 0 saturated carbocycles. The fraction of sp³-hybridized carbons (Fsp3) is 0.167. The van der Waals surface area contributed by atoms with Crippen LogP contribution in [-0.4, -0.2) is 27.2 Å². The van der Waals surface area contributed by atoms with Crippen molar-refractivity contribution in [1.82, 2.24) is 4.57 Å². The summed E-state index contributed by atoms with van der Waals surface area (Å²) in [5.41, 5.74) is 3.13. The molecule has 1 N–H and O–H groups in total. The lowest BCUT2D eigenvalue weighted by molar-refractivity contribution is -0.149. The fourth-order valence-corrected chi connectivity index (χ4v) is 2.08. The van der Waals surface area contributed by atoms with E-state index >= 15 is 0 Å². The third-order valence-electron chi connectivity index (χ3n) is 3.35. The molecule has 1 heterocycles. The van der Waals surface area contributed by atoms with Gasteiger partial charge in [-0.25, -0.2) is 4.79 Å². The molecule has 0 saturated heterocycles. The van der Waals surface area contributed by atoms with E-state index in [1.807, 2.05) is 54.1 Å². The van der Waals surface area contributed by atoms with Crippen LogP contribution in [-0.2, 0) is 20.9 Å². The van der Waals surface area contributed by atoms with Gasteiger partial charge in [-0.05, 0) is 36.8 Å². The van der Waals surface area contributed by atoms with Crippen molar-refractivity contribution in [3.05, 3.63) is 65.5 Å². The highest BCUT2D eigenvalue weighted by molar-refractivity contribution is 6.37. The SMILES string of the molecule is Cc1ccc(Cn2cccc2/C=C/C(=O)CC(=O)C(=O)O)cc1. The van der Waals surface area contributed by atoms with Gasteiger partial charge in [-0.2, -0.15) is 0 Å². The van der Waals surface area contributed by atoms with Crippen molar-refractivity contribution < 1.29 is 19.5 Å². The summed E-state index contributed by atoms with van der Waals surface area (Å²) in [6.45, 7) is 2.69. The van der Waals surface area contributed by atoms with Crippen LogP contribution in [0.5, 0.6) is 0 Å². The number of rotatable bonds is 7. The number of carbonyl (C=O) groups is 3. The number of aromatic nitrogens is 1. The second-order valence-corrected chi connectivity index (χ2v) is 5.25. The molecule has 0 radical (unpaired) electrons. The molecule has 0 aliphatic rings.